The van der Waals surface area contributed by atoms with E-state index in [9.17, 15) is 9.59 Å². The highest BCUT2D eigenvalue weighted by Gasteiger charge is 2.30. The van der Waals surface area contributed by atoms with Gasteiger partial charge in [0.05, 0.1) is 5.69 Å². The van der Waals surface area contributed by atoms with Crippen LogP contribution in [0.2, 0.25) is 0 Å². The van der Waals surface area contributed by atoms with E-state index in [2.05, 4.69) is 20.7 Å². The van der Waals surface area contributed by atoms with Crippen molar-refractivity contribution in [2.45, 2.75) is 19.9 Å². The van der Waals surface area contributed by atoms with E-state index < -0.39 is 0 Å². The average molecular weight is 358 g/mol. The molecule has 9 heteroatoms. The number of aliphatic hydroxyl groups excluding tert-OH is 1. The molecule has 0 aliphatic carbocycles. The Kier molecular flexibility index (Phi) is 5.17. The molecule has 0 atom stereocenters. The summed E-state index contributed by atoms with van der Waals surface area (Å²) >= 11 is 0. The van der Waals surface area contributed by atoms with Crippen molar-refractivity contribution in [2.75, 3.05) is 25.0 Å². The molecule has 0 saturated heterocycles. The lowest BCUT2D eigenvalue weighted by atomic mass is 10.2. The van der Waals surface area contributed by atoms with Crippen LogP contribution >= 0.6 is 0 Å². The minimum Gasteiger partial charge on any atom is -0.396 e. The second kappa shape index (κ2) is 7.52. The van der Waals surface area contributed by atoms with Crippen LogP contribution < -0.4 is 10.6 Å². The number of aryl methyl sites for hydroxylation is 2. The van der Waals surface area contributed by atoms with Crippen molar-refractivity contribution in [3.05, 3.63) is 35.2 Å². The molecule has 138 valence electrons. The van der Waals surface area contributed by atoms with Crippen molar-refractivity contribution in [1.29, 1.82) is 0 Å². The summed E-state index contributed by atoms with van der Waals surface area (Å²) in [7, 11) is 1.82. The molecule has 26 heavy (non-hydrogen) atoms. The summed E-state index contributed by atoms with van der Waals surface area (Å²) in [6.45, 7) is 2.64. The lowest BCUT2D eigenvalue weighted by Crippen LogP contribution is -2.38. The van der Waals surface area contributed by atoms with E-state index in [4.69, 9.17) is 5.11 Å². The molecule has 0 bridgehead atoms. The summed E-state index contributed by atoms with van der Waals surface area (Å²) in [5.74, 6) is 0.820. The van der Waals surface area contributed by atoms with E-state index in [1.54, 1.807) is 10.7 Å². The largest absolute Gasteiger partial charge is 0.396 e. The van der Waals surface area contributed by atoms with Gasteiger partial charge in [-0.1, -0.05) is 6.07 Å². The number of rotatable bonds is 7. The number of anilines is 2. The first-order chi connectivity index (χ1) is 12.5. The minimum atomic E-state index is -0.262. The quantitative estimate of drug-likeness (QED) is 0.615. The van der Waals surface area contributed by atoms with Crippen LogP contribution in [-0.4, -0.2) is 56.3 Å². The Morgan fingerprint density at radius 3 is 2.88 bits per heavy atom. The fourth-order valence-corrected chi connectivity index (χ4v) is 2.82. The topological polar surface area (TPSA) is 112 Å². The number of carbonyl (C=O) groups excluding carboxylic acids is 2. The van der Waals surface area contributed by atoms with Crippen LogP contribution in [0.5, 0.6) is 0 Å². The van der Waals surface area contributed by atoms with E-state index in [1.165, 1.54) is 4.90 Å². The van der Waals surface area contributed by atoms with Gasteiger partial charge in [-0.25, -0.2) is 4.98 Å². The fraction of sp³-hybridized carbons (Fsp3) is 0.412. The lowest BCUT2D eigenvalue weighted by Gasteiger charge is -2.14. The number of hydrogen-bond donors (Lipinski definition) is 3. The van der Waals surface area contributed by atoms with Gasteiger partial charge in [0.1, 0.15) is 23.9 Å². The number of nitrogens with one attached hydrogen (secondary N) is 2. The second-order valence-corrected chi connectivity index (χ2v) is 6.21. The monoisotopic (exact) mass is 358 g/mol. The zero-order valence-corrected chi connectivity index (χ0v) is 14.8. The van der Waals surface area contributed by atoms with E-state index >= 15 is 0 Å². The SMILES string of the molecule is Cc1cc(Nc2ccc3c(n2)C(=O)N(CC(=O)NCCCO)C3)n(C)n1. The van der Waals surface area contributed by atoms with Gasteiger partial charge in [0, 0.05) is 38.4 Å². The lowest BCUT2D eigenvalue weighted by molar-refractivity contribution is -0.121. The standard InChI is InChI=1S/C17H22N6O3/c1-11-8-14(22(2)21-11)19-13-5-4-12-9-23(17(26)16(12)20-13)10-15(25)18-6-3-7-24/h4-5,8,24H,3,6-7,9-10H2,1-2H3,(H,18,25)(H,19,20). The maximum absolute atomic E-state index is 12.5. The Labute approximate surface area is 151 Å². The van der Waals surface area contributed by atoms with Crippen molar-refractivity contribution in [3.63, 3.8) is 0 Å². The Morgan fingerprint density at radius 2 is 2.19 bits per heavy atom. The van der Waals surface area contributed by atoms with Crippen molar-refractivity contribution in [2.24, 2.45) is 7.05 Å². The predicted molar refractivity (Wildman–Crippen MR) is 94.9 cm³/mol. The van der Waals surface area contributed by atoms with Crippen LogP contribution in [0, 0.1) is 6.92 Å². The molecule has 1 aliphatic rings. The van der Waals surface area contributed by atoms with Gasteiger partial charge in [0.2, 0.25) is 5.91 Å². The minimum absolute atomic E-state index is 0.0181. The fourth-order valence-electron chi connectivity index (χ4n) is 2.82. The second-order valence-electron chi connectivity index (χ2n) is 6.21. The molecular weight excluding hydrogens is 336 g/mol. The first kappa shape index (κ1) is 17.9. The molecule has 3 heterocycles. The number of pyridine rings is 1. The van der Waals surface area contributed by atoms with Gasteiger partial charge >= 0.3 is 0 Å². The number of carbonyl (C=O) groups is 2. The van der Waals surface area contributed by atoms with Crippen molar-refractivity contribution >= 4 is 23.5 Å². The zero-order chi connectivity index (χ0) is 18.7. The Bertz CT molecular complexity index is 832. The molecule has 0 unspecified atom stereocenters. The summed E-state index contributed by atoms with van der Waals surface area (Å²) in [6.07, 6.45) is 0.490. The third-order valence-electron chi connectivity index (χ3n) is 4.08. The molecule has 2 amide bonds. The Balaban J connectivity index is 1.67. The number of nitrogens with zero attached hydrogens (tertiary/aromatic N) is 4. The van der Waals surface area contributed by atoms with Gasteiger partial charge in [-0.3, -0.25) is 14.3 Å². The number of hydrogen-bond acceptors (Lipinski definition) is 6. The highest BCUT2D eigenvalue weighted by Crippen LogP contribution is 2.24. The van der Waals surface area contributed by atoms with Crippen LogP contribution in [0.1, 0.15) is 28.2 Å². The molecule has 2 aromatic rings. The van der Waals surface area contributed by atoms with Gasteiger partial charge in [0.25, 0.3) is 5.91 Å². The summed E-state index contributed by atoms with van der Waals surface area (Å²) in [4.78, 5) is 30.3. The van der Waals surface area contributed by atoms with Gasteiger partial charge in [-0.05, 0) is 19.4 Å². The van der Waals surface area contributed by atoms with Gasteiger partial charge in [-0.15, -0.1) is 0 Å². The maximum Gasteiger partial charge on any atom is 0.273 e. The molecule has 3 rings (SSSR count). The summed E-state index contributed by atoms with van der Waals surface area (Å²) in [5, 5.41) is 18.8. The first-order valence-corrected chi connectivity index (χ1v) is 8.42. The van der Waals surface area contributed by atoms with Crippen LogP contribution in [0.15, 0.2) is 18.2 Å². The van der Waals surface area contributed by atoms with Crippen molar-refractivity contribution in [1.82, 2.24) is 25.0 Å². The van der Waals surface area contributed by atoms with Gasteiger partial charge in [-0.2, -0.15) is 5.10 Å². The van der Waals surface area contributed by atoms with Crippen LogP contribution in [0.3, 0.4) is 0 Å². The van der Waals surface area contributed by atoms with E-state index in [1.807, 2.05) is 26.1 Å². The van der Waals surface area contributed by atoms with Crippen molar-refractivity contribution in [3.8, 4) is 0 Å². The number of aromatic nitrogens is 3. The van der Waals surface area contributed by atoms with Gasteiger partial charge in [0.15, 0.2) is 0 Å². The third kappa shape index (κ3) is 3.83. The first-order valence-electron chi connectivity index (χ1n) is 8.42. The number of aliphatic hydroxyl groups is 1. The smallest absolute Gasteiger partial charge is 0.273 e. The number of amides is 2. The molecule has 9 nitrogen and oxygen atoms in total. The molecule has 0 spiro atoms. The molecule has 1 aliphatic heterocycles. The molecule has 0 saturated carbocycles. The summed E-state index contributed by atoms with van der Waals surface area (Å²) in [5.41, 5.74) is 2.03. The zero-order valence-electron chi connectivity index (χ0n) is 14.8. The Morgan fingerprint density at radius 1 is 1.38 bits per heavy atom. The third-order valence-corrected chi connectivity index (χ3v) is 4.08. The highest BCUT2D eigenvalue weighted by atomic mass is 16.3. The normalized spacial score (nSPS) is 13.0. The van der Waals surface area contributed by atoms with Crippen LogP contribution in [-0.2, 0) is 18.4 Å². The Hall–Kier alpha value is -2.94. The van der Waals surface area contributed by atoms with Crippen molar-refractivity contribution < 1.29 is 14.7 Å². The molecule has 2 aromatic heterocycles. The van der Waals surface area contributed by atoms with Crippen LogP contribution in [0.4, 0.5) is 11.6 Å². The maximum atomic E-state index is 12.5. The summed E-state index contributed by atoms with van der Waals surface area (Å²) < 4.78 is 1.70. The van der Waals surface area contributed by atoms with E-state index in [0.29, 0.717) is 31.0 Å². The molecule has 0 aromatic carbocycles. The molecular formula is C17H22N6O3. The molecule has 3 N–H and O–H groups in total. The predicted octanol–water partition coefficient (Wildman–Crippen LogP) is 0.322. The number of fused-ring (bicyclic) bond motifs is 1. The van der Waals surface area contributed by atoms with Crippen LogP contribution in [0.25, 0.3) is 0 Å². The van der Waals surface area contributed by atoms with Gasteiger partial charge < -0.3 is 20.6 Å². The molecule has 0 radical (unpaired) electrons. The average Bonchev–Trinajstić information content (AvgIpc) is 3.07. The summed E-state index contributed by atoms with van der Waals surface area (Å²) in [6, 6.07) is 5.54. The molecule has 0 fully saturated rings. The highest BCUT2D eigenvalue weighted by molar-refractivity contribution is 5.99. The van der Waals surface area contributed by atoms with E-state index in [-0.39, 0.29) is 25.0 Å². The van der Waals surface area contributed by atoms with E-state index in [0.717, 1.165) is 17.1 Å².